The van der Waals surface area contributed by atoms with Crippen LogP contribution in [0.15, 0.2) is 65.5 Å². The van der Waals surface area contributed by atoms with Crippen LogP contribution in [0.1, 0.15) is 52.4 Å². The predicted octanol–water partition coefficient (Wildman–Crippen LogP) is 5.58. The number of benzene rings is 2. The Labute approximate surface area is 251 Å². The third-order valence-corrected chi connectivity index (χ3v) is 12.3. The first kappa shape index (κ1) is 29.0. The Morgan fingerprint density at radius 3 is 2.58 bits per heavy atom. The Morgan fingerprint density at radius 1 is 1.07 bits per heavy atom. The number of carbonyl (C=O) groups is 2. The molecule has 4 aromatic rings. The zero-order valence-electron chi connectivity index (χ0n) is 24.8. The highest BCUT2D eigenvalue weighted by Gasteiger charge is 2.45. The highest BCUT2D eigenvalue weighted by Crippen LogP contribution is 2.41. The summed E-state index contributed by atoms with van der Waals surface area (Å²) in [6.45, 7) is 7.08. The number of fused-ring (bicyclic) bond motifs is 5. The van der Waals surface area contributed by atoms with E-state index in [1.165, 1.54) is 5.56 Å². The van der Waals surface area contributed by atoms with Crippen LogP contribution >= 0.6 is 0 Å². The first-order valence-corrected chi connectivity index (χ1v) is 18.3. The molecule has 0 amide bonds. The largest absolute Gasteiger partial charge is 0.462 e. The van der Waals surface area contributed by atoms with Gasteiger partial charge in [0, 0.05) is 24.6 Å². The van der Waals surface area contributed by atoms with E-state index >= 15 is 0 Å². The van der Waals surface area contributed by atoms with Crippen LogP contribution in [0.25, 0.3) is 22.3 Å². The van der Waals surface area contributed by atoms with Gasteiger partial charge in [-0.3, -0.25) is 4.79 Å². The summed E-state index contributed by atoms with van der Waals surface area (Å²) in [6, 6.07) is 20.9. The van der Waals surface area contributed by atoms with E-state index in [0.717, 1.165) is 47.1 Å². The summed E-state index contributed by atoms with van der Waals surface area (Å²) in [5, 5.41) is 12.3. The van der Waals surface area contributed by atoms with E-state index in [0.29, 0.717) is 35.5 Å². The van der Waals surface area contributed by atoms with Crippen LogP contribution in [-0.2, 0) is 39.4 Å². The maximum atomic E-state index is 13.7. The molecule has 0 unspecified atom stereocenters. The van der Waals surface area contributed by atoms with Gasteiger partial charge in [0.1, 0.15) is 6.61 Å². The molecule has 0 saturated carbocycles. The molecular weight excluding hydrogens is 560 g/mol. The first-order chi connectivity index (χ1) is 20.6. The Morgan fingerprint density at radius 2 is 1.81 bits per heavy atom. The van der Waals surface area contributed by atoms with Gasteiger partial charge in [-0.25, -0.2) is 14.6 Å². The van der Waals surface area contributed by atoms with E-state index in [-0.39, 0.29) is 24.6 Å². The zero-order valence-corrected chi connectivity index (χ0v) is 25.8. The number of nitrogens with zero attached hydrogens (tertiary/aromatic N) is 2. The van der Waals surface area contributed by atoms with Crippen molar-refractivity contribution in [2.45, 2.75) is 70.1 Å². The van der Waals surface area contributed by atoms with Gasteiger partial charge in [0.15, 0.2) is 5.60 Å². The molecule has 0 radical (unpaired) electrons. The number of aromatic nitrogens is 2. The van der Waals surface area contributed by atoms with Gasteiger partial charge < -0.3 is 19.1 Å². The van der Waals surface area contributed by atoms with Crippen LogP contribution in [-0.4, -0.2) is 41.3 Å². The van der Waals surface area contributed by atoms with Gasteiger partial charge in [-0.05, 0) is 49.1 Å². The molecule has 2 aliphatic heterocycles. The molecule has 4 heterocycles. The van der Waals surface area contributed by atoms with Gasteiger partial charge in [-0.1, -0.05) is 68.5 Å². The number of cyclic esters (lactones) is 1. The van der Waals surface area contributed by atoms with Crippen molar-refractivity contribution in [3.63, 3.8) is 0 Å². The van der Waals surface area contributed by atoms with Crippen LogP contribution in [0.4, 0.5) is 0 Å². The lowest BCUT2D eigenvalue weighted by Crippen LogP contribution is -2.44. The summed E-state index contributed by atoms with van der Waals surface area (Å²) in [5.74, 6) is -1.01. The van der Waals surface area contributed by atoms with Crippen molar-refractivity contribution in [3.05, 3.63) is 98.8 Å². The summed E-state index contributed by atoms with van der Waals surface area (Å²) in [7, 11) is -1.67. The van der Waals surface area contributed by atoms with Gasteiger partial charge in [0.05, 0.1) is 41.2 Å². The van der Waals surface area contributed by atoms with Gasteiger partial charge in [-0.2, -0.15) is 0 Å². The molecule has 0 fully saturated rings. The van der Waals surface area contributed by atoms with Gasteiger partial charge >= 0.3 is 11.9 Å². The molecule has 222 valence electrons. The number of hydrogen-bond donors (Lipinski definition) is 1. The molecule has 0 saturated heterocycles. The average molecular weight is 597 g/mol. The topological polar surface area (TPSA) is 108 Å². The lowest BCUT2D eigenvalue weighted by Gasteiger charge is -2.31. The second-order valence-electron chi connectivity index (χ2n) is 12.3. The van der Waals surface area contributed by atoms with E-state index in [1.807, 2.05) is 36.4 Å². The Hall–Kier alpha value is -4.08. The molecule has 2 aromatic carbocycles. The van der Waals surface area contributed by atoms with Crippen molar-refractivity contribution in [1.82, 2.24) is 9.55 Å². The minimum Gasteiger partial charge on any atom is -0.462 e. The lowest BCUT2D eigenvalue weighted by atomic mass is 9.86. The van der Waals surface area contributed by atoms with Crippen LogP contribution in [0, 0.1) is 0 Å². The molecule has 43 heavy (non-hydrogen) atoms. The third-order valence-electron chi connectivity index (χ3n) is 9.01. The van der Waals surface area contributed by atoms with Crippen molar-refractivity contribution in [2.75, 3.05) is 6.61 Å². The van der Waals surface area contributed by atoms with Crippen molar-refractivity contribution in [1.29, 1.82) is 0 Å². The summed E-state index contributed by atoms with van der Waals surface area (Å²) in [5.41, 5.74) is 3.55. The number of aliphatic hydroxyl groups is 1. The predicted molar refractivity (Wildman–Crippen MR) is 167 cm³/mol. The highest BCUT2D eigenvalue weighted by molar-refractivity contribution is 6.77. The molecule has 0 bridgehead atoms. The van der Waals surface area contributed by atoms with Gasteiger partial charge in [0.2, 0.25) is 0 Å². The van der Waals surface area contributed by atoms with E-state index < -0.39 is 19.6 Å². The maximum Gasteiger partial charge on any atom is 0.343 e. The van der Waals surface area contributed by atoms with Crippen molar-refractivity contribution >= 4 is 30.9 Å². The fourth-order valence-electron chi connectivity index (χ4n) is 6.36. The number of carbonyl (C=O) groups excluding carboxylic acids is 2. The first-order valence-electron chi connectivity index (χ1n) is 14.9. The Balaban J connectivity index is 1.26. The fourth-order valence-corrected chi connectivity index (χ4v) is 8.64. The molecule has 2 aromatic heterocycles. The molecule has 1 N–H and O–H groups in total. The fraction of sp³-hybridized carbons (Fsp3) is 0.353. The molecular formula is C34H36N2O6Si. The number of hydrogen-bond acceptors (Lipinski definition) is 7. The third kappa shape index (κ3) is 5.21. The molecule has 2 aliphatic rings. The zero-order chi connectivity index (χ0) is 30.4. The standard InChI is InChI=1S/C34H36N2O6Si/c1-4-34(40)27-19-29-30-25(20-36(29)31(37)26(27)21-42-33(34)39)23(24-13-8-9-14-28(24)35-30)15-18-43(2,3)17-10-16-41-32(38)22-11-6-5-7-12-22/h5-9,11-14,19,40H,4,10,15-18,20-21H2,1-3H3/t34-/m0/s1. The molecule has 0 spiro atoms. The average Bonchev–Trinajstić information content (AvgIpc) is 3.38. The number of ether oxygens (including phenoxy) is 2. The summed E-state index contributed by atoms with van der Waals surface area (Å²) >= 11 is 0. The monoisotopic (exact) mass is 596 g/mol. The van der Waals surface area contributed by atoms with Gasteiger partial charge in [-0.15, -0.1) is 0 Å². The van der Waals surface area contributed by atoms with E-state index in [9.17, 15) is 19.5 Å². The minimum atomic E-state index is -1.85. The Bertz CT molecular complexity index is 1800. The quantitative estimate of drug-likeness (QED) is 0.135. The SMILES string of the molecule is CC[C@@]1(O)C(=O)OCc2c1cc1n(c2=O)Cc2c-1nc1ccccc1c2CC[Si](C)(C)CCCOC(=O)c1ccccc1. The van der Waals surface area contributed by atoms with Crippen LogP contribution in [0.2, 0.25) is 25.2 Å². The molecule has 0 aliphatic carbocycles. The van der Waals surface area contributed by atoms with E-state index in [4.69, 9.17) is 14.5 Å². The van der Waals surface area contributed by atoms with Crippen LogP contribution in [0.5, 0.6) is 0 Å². The van der Waals surface area contributed by atoms with E-state index in [2.05, 4.69) is 19.2 Å². The van der Waals surface area contributed by atoms with Crippen LogP contribution in [0.3, 0.4) is 0 Å². The maximum absolute atomic E-state index is 13.7. The van der Waals surface area contributed by atoms with E-state index in [1.54, 1.807) is 29.7 Å². The number of pyridine rings is 2. The number of rotatable bonds is 9. The highest BCUT2D eigenvalue weighted by atomic mass is 28.3. The normalized spacial score (nSPS) is 17.3. The molecule has 9 heteroatoms. The number of aryl methyl sites for hydroxylation is 1. The van der Waals surface area contributed by atoms with Crippen molar-refractivity contribution in [3.8, 4) is 11.4 Å². The van der Waals surface area contributed by atoms with Crippen molar-refractivity contribution < 1.29 is 24.2 Å². The Kier molecular flexibility index (Phi) is 7.56. The van der Waals surface area contributed by atoms with Gasteiger partial charge in [0.25, 0.3) is 5.56 Å². The summed E-state index contributed by atoms with van der Waals surface area (Å²) in [4.78, 5) is 43.5. The number of para-hydroxylation sites is 1. The summed E-state index contributed by atoms with van der Waals surface area (Å²) < 4.78 is 12.5. The smallest absolute Gasteiger partial charge is 0.343 e. The second kappa shape index (κ2) is 11.2. The van der Waals surface area contributed by atoms with Crippen molar-refractivity contribution in [2.24, 2.45) is 0 Å². The number of esters is 2. The van der Waals surface area contributed by atoms with Crippen LogP contribution < -0.4 is 5.56 Å². The summed E-state index contributed by atoms with van der Waals surface area (Å²) in [6.07, 6.45) is 1.77. The molecule has 6 rings (SSSR count). The lowest BCUT2D eigenvalue weighted by molar-refractivity contribution is -0.172. The minimum absolute atomic E-state index is 0.107. The molecule has 8 nitrogen and oxygen atoms in total. The second-order valence-corrected chi connectivity index (χ2v) is 17.6. The molecule has 1 atom stereocenters.